The number of thioether (sulfide) groups is 1. The Kier molecular flexibility index (Phi) is 6.07. The monoisotopic (exact) mass is 369 g/mol. The van der Waals surface area contributed by atoms with Crippen LogP contribution in [0.5, 0.6) is 0 Å². The van der Waals surface area contributed by atoms with Crippen LogP contribution in [0.4, 0.5) is 4.39 Å². The van der Waals surface area contributed by atoms with E-state index in [1.165, 1.54) is 18.2 Å². The van der Waals surface area contributed by atoms with Gasteiger partial charge in [-0.2, -0.15) is 11.8 Å². The summed E-state index contributed by atoms with van der Waals surface area (Å²) in [4.78, 5) is 20.2. The van der Waals surface area contributed by atoms with Crippen molar-refractivity contribution in [2.24, 2.45) is 0 Å². The lowest BCUT2D eigenvalue weighted by atomic mass is 10.2. The molecule has 0 radical (unpaired) electrons. The number of benzene rings is 2. The van der Waals surface area contributed by atoms with Gasteiger partial charge in [-0.1, -0.05) is 24.3 Å². The Balaban J connectivity index is 1.74. The van der Waals surface area contributed by atoms with Crippen molar-refractivity contribution in [3.05, 3.63) is 71.8 Å². The summed E-state index contributed by atoms with van der Waals surface area (Å²) in [6, 6.07) is 13.7. The van der Waals surface area contributed by atoms with Crippen molar-refractivity contribution in [2.45, 2.75) is 12.5 Å². The van der Waals surface area contributed by atoms with E-state index in [9.17, 15) is 9.18 Å². The summed E-state index contributed by atoms with van der Waals surface area (Å²) in [5.41, 5.74) is 2.46. The van der Waals surface area contributed by atoms with Crippen LogP contribution in [0, 0.1) is 5.82 Å². The number of hydrogen-bond acceptors (Lipinski definition) is 3. The Morgan fingerprint density at radius 3 is 2.92 bits per heavy atom. The first-order chi connectivity index (χ1) is 12.7. The Morgan fingerprint density at radius 2 is 2.15 bits per heavy atom. The zero-order valence-corrected chi connectivity index (χ0v) is 15.2. The van der Waals surface area contributed by atoms with Crippen molar-refractivity contribution in [1.29, 1.82) is 0 Å². The van der Waals surface area contributed by atoms with Crippen LogP contribution >= 0.6 is 11.8 Å². The molecule has 3 rings (SSSR count). The molecule has 1 amide bonds. The number of carbonyl (C=O) groups excluding carboxylic acids is 1. The summed E-state index contributed by atoms with van der Waals surface area (Å²) in [7, 11) is 0. The van der Waals surface area contributed by atoms with Gasteiger partial charge in [-0.15, -0.1) is 0 Å². The standard InChI is InChI=1S/C20H20FN3OS/c1-26-12-11-18(20-23-16-7-2-3-8-17(16)24-20)22-19(25)10-9-14-5-4-6-15(21)13-14/h2-10,13,18H,11-12H2,1H3,(H,22,25)(H,23,24)/b10-9+/t18-/m0/s1. The first-order valence-electron chi connectivity index (χ1n) is 8.33. The number of nitrogens with one attached hydrogen (secondary N) is 2. The Morgan fingerprint density at radius 1 is 1.31 bits per heavy atom. The highest BCUT2D eigenvalue weighted by atomic mass is 32.2. The molecule has 1 atom stereocenters. The molecule has 2 N–H and O–H groups in total. The van der Waals surface area contributed by atoms with Crippen LogP contribution in [0.1, 0.15) is 23.9 Å². The summed E-state index contributed by atoms with van der Waals surface area (Å²) in [5.74, 6) is 1.08. The maximum Gasteiger partial charge on any atom is 0.244 e. The second-order valence-corrected chi connectivity index (χ2v) is 6.86. The summed E-state index contributed by atoms with van der Waals surface area (Å²) in [5, 5.41) is 2.99. The third-order valence-electron chi connectivity index (χ3n) is 3.94. The van der Waals surface area contributed by atoms with Gasteiger partial charge in [-0.05, 0) is 54.3 Å². The Hall–Kier alpha value is -2.60. The van der Waals surface area contributed by atoms with Crippen LogP contribution in [0.15, 0.2) is 54.6 Å². The van der Waals surface area contributed by atoms with Crippen molar-refractivity contribution in [3.8, 4) is 0 Å². The van der Waals surface area contributed by atoms with E-state index in [2.05, 4.69) is 15.3 Å². The third kappa shape index (κ3) is 4.73. The van der Waals surface area contributed by atoms with E-state index in [0.717, 1.165) is 29.0 Å². The molecule has 0 bridgehead atoms. The molecule has 2 aromatic carbocycles. The van der Waals surface area contributed by atoms with Crippen LogP contribution < -0.4 is 5.32 Å². The summed E-state index contributed by atoms with van der Waals surface area (Å²) in [6.45, 7) is 0. The van der Waals surface area contributed by atoms with Crippen molar-refractivity contribution in [1.82, 2.24) is 15.3 Å². The molecule has 0 fully saturated rings. The fourth-order valence-corrected chi connectivity index (χ4v) is 3.12. The number of halogens is 1. The molecular weight excluding hydrogens is 349 g/mol. The van der Waals surface area contributed by atoms with E-state index in [1.807, 2.05) is 30.5 Å². The summed E-state index contributed by atoms with van der Waals surface area (Å²) < 4.78 is 13.2. The fraction of sp³-hybridized carbons (Fsp3) is 0.200. The van der Waals surface area contributed by atoms with Gasteiger partial charge in [0.2, 0.25) is 5.91 Å². The third-order valence-corrected chi connectivity index (χ3v) is 4.58. The molecule has 0 aliphatic rings. The van der Waals surface area contributed by atoms with Crippen molar-refractivity contribution >= 4 is 34.8 Å². The van der Waals surface area contributed by atoms with Gasteiger partial charge in [0.05, 0.1) is 17.1 Å². The molecule has 1 heterocycles. The molecule has 1 aromatic heterocycles. The molecule has 4 nitrogen and oxygen atoms in total. The smallest absolute Gasteiger partial charge is 0.244 e. The van der Waals surface area contributed by atoms with Crippen molar-refractivity contribution in [3.63, 3.8) is 0 Å². The Bertz CT molecular complexity index is 889. The summed E-state index contributed by atoms with van der Waals surface area (Å²) >= 11 is 1.72. The zero-order valence-electron chi connectivity index (χ0n) is 14.4. The van der Waals surface area contributed by atoms with Crippen molar-refractivity contribution < 1.29 is 9.18 Å². The van der Waals surface area contributed by atoms with E-state index in [0.29, 0.717) is 5.56 Å². The van der Waals surface area contributed by atoms with E-state index in [-0.39, 0.29) is 17.8 Å². The number of rotatable bonds is 7. The quantitative estimate of drug-likeness (QED) is 0.610. The predicted octanol–water partition coefficient (Wildman–Crippen LogP) is 4.33. The van der Waals surface area contributed by atoms with Gasteiger partial charge in [-0.3, -0.25) is 4.79 Å². The number of carbonyl (C=O) groups is 1. The van der Waals surface area contributed by atoms with Gasteiger partial charge < -0.3 is 10.3 Å². The minimum atomic E-state index is -0.326. The molecular formula is C20H20FN3OS. The molecule has 0 aliphatic heterocycles. The first kappa shape index (κ1) is 18.2. The molecule has 0 saturated heterocycles. The van der Waals surface area contributed by atoms with Crippen LogP contribution in [-0.2, 0) is 4.79 Å². The lowest BCUT2D eigenvalue weighted by molar-refractivity contribution is -0.117. The van der Waals surface area contributed by atoms with Crippen LogP contribution in [0.2, 0.25) is 0 Å². The average molecular weight is 369 g/mol. The molecule has 0 saturated carbocycles. The number of fused-ring (bicyclic) bond motifs is 1. The van der Waals surface area contributed by atoms with E-state index < -0.39 is 0 Å². The molecule has 6 heteroatoms. The molecule has 0 aliphatic carbocycles. The number of amides is 1. The van der Waals surface area contributed by atoms with E-state index in [4.69, 9.17) is 0 Å². The van der Waals surface area contributed by atoms with Gasteiger partial charge in [-0.25, -0.2) is 9.37 Å². The second-order valence-electron chi connectivity index (χ2n) is 5.87. The van der Waals surface area contributed by atoms with Gasteiger partial charge in [0.15, 0.2) is 0 Å². The normalized spacial score (nSPS) is 12.5. The molecule has 0 unspecified atom stereocenters. The van der Waals surface area contributed by atoms with E-state index >= 15 is 0 Å². The molecule has 0 spiro atoms. The maximum absolute atomic E-state index is 13.2. The largest absolute Gasteiger partial charge is 0.343 e. The number of aromatic nitrogens is 2. The van der Waals surface area contributed by atoms with Gasteiger partial charge >= 0.3 is 0 Å². The lowest BCUT2D eigenvalue weighted by Crippen LogP contribution is -2.28. The fourth-order valence-electron chi connectivity index (χ4n) is 2.65. The van der Waals surface area contributed by atoms with Gasteiger partial charge in [0.25, 0.3) is 0 Å². The predicted molar refractivity (Wildman–Crippen MR) is 105 cm³/mol. The van der Waals surface area contributed by atoms with Crippen LogP contribution in [-0.4, -0.2) is 27.9 Å². The number of imidazole rings is 1. The number of nitrogens with zero attached hydrogens (tertiary/aromatic N) is 1. The van der Waals surface area contributed by atoms with Crippen molar-refractivity contribution in [2.75, 3.05) is 12.0 Å². The van der Waals surface area contributed by atoms with Gasteiger partial charge in [0, 0.05) is 6.08 Å². The number of hydrogen-bond donors (Lipinski definition) is 2. The Labute approximate surface area is 155 Å². The minimum Gasteiger partial charge on any atom is -0.343 e. The molecule has 134 valence electrons. The number of aromatic amines is 1. The van der Waals surface area contributed by atoms with Gasteiger partial charge in [0.1, 0.15) is 11.6 Å². The van der Waals surface area contributed by atoms with Crippen LogP contribution in [0.25, 0.3) is 17.1 Å². The average Bonchev–Trinajstić information content (AvgIpc) is 3.07. The highest BCUT2D eigenvalue weighted by molar-refractivity contribution is 7.98. The van der Waals surface area contributed by atoms with E-state index in [1.54, 1.807) is 30.0 Å². The molecule has 26 heavy (non-hydrogen) atoms. The highest BCUT2D eigenvalue weighted by Gasteiger charge is 2.17. The topological polar surface area (TPSA) is 57.8 Å². The SMILES string of the molecule is CSCC[C@H](NC(=O)/C=C/c1cccc(F)c1)c1nc2ccccc2[nH]1. The first-order valence-corrected chi connectivity index (χ1v) is 9.73. The number of para-hydroxylation sites is 2. The second kappa shape index (κ2) is 8.67. The summed E-state index contributed by atoms with van der Waals surface area (Å²) in [6.07, 6.45) is 5.81. The maximum atomic E-state index is 13.2. The highest BCUT2D eigenvalue weighted by Crippen LogP contribution is 2.20. The number of H-pyrrole nitrogens is 1. The zero-order chi connectivity index (χ0) is 18.4. The molecule has 3 aromatic rings. The minimum absolute atomic E-state index is 0.209. The lowest BCUT2D eigenvalue weighted by Gasteiger charge is -2.15. The van der Waals surface area contributed by atoms with Crippen LogP contribution in [0.3, 0.4) is 0 Å².